The van der Waals surface area contributed by atoms with Crippen molar-refractivity contribution in [3.63, 3.8) is 0 Å². The summed E-state index contributed by atoms with van der Waals surface area (Å²) >= 11 is 0. The van der Waals surface area contributed by atoms with Crippen molar-refractivity contribution in [2.45, 2.75) is 45.6 Å². The minimum absolute atomic E-state index is 0.813. The van der Waals surface area contributed by atoms with Gasteiger partial charge in [0.05, 0.1) is 0 Å². The highest BCUT2D eigenvalue weighted by atomic mass is 15.2. The third-order valence-corrected chi connectivity index (χ3v) is 4.56. The molecule has 2 fully saturated rings. The molecule has 0 bridgehead atoms. The summed E-state index contributed by atoms with van der Waals surface area (Å²) in [5.74, 6) is 2.62. The summed E-state index contributed by atoms with van der Waals surface area (Å²) in [6.07, 6.45) is 5.54. The van der Waals surface area contributed by atoms with E-state index in [0.29, 0.717) is 0 Å². The highest BCUT2D eigenvalue weighted by Gasteiger charge is 2.33. The standard InChI is InChI=1S/C13H26N2/c1-10(2)12-5-6-15(9-12)13-4-3-11(7-13)8-14/h10-13H,3-9,14H2,1-2H3. The Kier molecular flexibility index (Phi) is 3.68. The molecule has 88 valence electrons. The maximum Gasteiger partial charge on any atom is 0.00985 e. The lowest BCUT2D eigenvalue weighted by Gasteiger charge is -2.24. The molecule has 3 unspecified atom stereocenters. The van der Waals surface area contributed by atoms with E-state index in [-0.39, 0.29) is 0 Å². The Morgan fingerprint density at radius 2 is 2.07 bits per heavy atom. The van der Waals surface area contributed by atoms with Crippen LogP contribution in [0.25, 0.3) is 0 Å². The van der Waals surface area contributed by atoms with Gasteiger partial charge >= 0.3 is 0 Å². The fourth-order valence-electron chi connectivity index (χ4n) is 3.29. The molecule has 0 aromatic carbocycles. The van der Waals surface area contributed by atoms with Crippen molar-refractivity contribution in [3.05, 3.63) is 0 Å². The normalized spacial score (nSPS) is 38.0. The quantitative estimate of drug-likeness (QED) is 0.773. The molecule has 1 saturated carbocycles. The molecule has 0 aromatic rings. The zero-order valence-corrected chi connectivity index (χ0v) is 10.3. The van der Waals surface area contributed by atoms with E-state index in [4.69, 9.17) is 5.73 Å². The molecular formula is C13H26N2. The number of hydrogen-bond donors (Lipinski definition) is 1. The second kappa shape index (κ2) is 4.84. The molecule has 0 spiro atoms. The van der Waals surface area contributed by atoms with Gasteiger partial charge < -0.3 is 10.6 Å². The molecule has 0 amide bonds. The monoisotopic (exact) mass is 210 g/mol. The van der Waals surface area contributed by atoms with Gasteiger partial charge in [0, 0.05) is 12.6 Å². The van der Waals surface area contributed by atoms with Gasteiger partial charge in [-0.05, 0) is 56.5 Å². The minimum Gasteiger partial charge on any atom is -0.330 e. The lowest BCUT2D eigenvalue weighted by Crippen LogP contribution is -2.32. The molecule has 2 rings (SSSR count). The molecule has 0 aromatic heterocycles. The van der Waals surface area contributed by atoms with Crippen LogP contribution in [0.4, 0.5) is 0 Å². The number of nitrogens with zero attached hydrogens (tertiary/aromatic N) is 1. The van der Waals surface area contributed by atoms with Crippen LogP contribution in [-0.2, 0) is 0 Å². The van der Waals surface area contributed by atoms with Gasteiger partial charge in [-0.3, -0.25) is 0 Å². The van der Waals surface area contributed by atoms with Crippen molar-refractivity contribution in [1.29, 1.82) is 0 Å². The molecule has 15 heavy (non-hydrogen) atoms. The van der Waals surface area contributed by atoms with Crippen LogP contribution < -0.4 is 5.73 Å². The topological polar surface area (TPSA) is 29.3 Å². The molecule has 1 aliphatic carbocycles. The van der Waals surface area contributed by atoms with Crippen LogP contribution in [0, 0.1) is 17.8 Å². The van der Waals surface area contributed by atoms with Gasteiger partial charge in [0.2, 0.25) is 0 Å². The third-order valence-electron chi connectivity index (χ3n) is 4.56. The number of likely N-dealkylation sites (tertiary alicyclic amines) is 1. The van der Waals surface area contributed by atoms with Crippen LogP contribution in [0.5, 0.6) is 0 Å². The van der Waals surface area contributed by atoms with Gasteiger partial charge in [0.15, 0.2) is 0 Å². The van der Waals surface area contributed by atoms with Crippen LogP contribution in [0.1, 0.15) is 39.5 Å². The van der Waals surface area contributed by atoms with Gasteiger partial charge in [-0.15, -0.1) is 0 Å². The summed E-state index contributed by atoms with van der Waals surface area (Å²) in [5, 5.41) is 0. The van der Waals surface area contributed by atoms with E-state index in [9.17, 15) is 0 Å². The van der Waals surface area contributed by atoms with Crippen molar-refractivity contribution in [3.8, 4) is 0 Å². The van der Waals surface area contributed by atoms with E-state index in [1.54, 1.807) is 0 Å². The second-order valence-corrected chi connectivity index (χ2v) is 5.86. The Morgan fingerprint density at radius 3 is 2.60 bits per heavy atom. The predicted octanol–water partition coefficient (Wildman–Crippen LogP) is 2.09. The van der Waals surface area contributed by atoms with E-state index in [2.05, 4.69) is 18.7 Å². The molecular weight excluding hydrogens is 184 g/mol. The summed E-state index contributed by atoms with van der Waals surface area (Å²) in [4.78, 5) is 2.74. The predicted molar refractivity (Wildman–Crippen MR) is 64.7 cm³/mol. The van der Waals surface area contributed by atoms with E-state index in [1.807, 2.05) is 0 Å². The van der Waals surface area contributed by atoms with Gasteiger partial charge in [-0.1, -0.05) is 13.8 Å². The SMILES string of the molecule is CC(C)C1CCN(C2CCC(CN)C2)C1. The van der Waals surface area contributed by atoms with Crippen LogP contribution in [0.2, 0.25) is 0 Å². The Morgan fingerprint density at radius 1 is 1.27 bits per heavy atom. The first-order chi connectivity index (χ1) is 7.20. The van der Waals surface area contributed by atoms with E-state index < -0.39 is 0 Å². The summed E-state index contributed by atoms with van der Waals surface area (Å²) in [6.45, 7) is 8.32. The molecule has 2 heteroatoms. The van der Waals surface area contributed by atoms with Crippen LogP contribution in [-0.4, -0.2) is 30.6 Å². The number of hydrogen-bond acceptors (Lipinski definition) is 2. The maximum absolute atomic E-state index is 5.75. The largest absolute Gasteiger partial charge is 0.330 e. The van der Waals surface area contributed by atoms with Crippen LogP contribution in [0.15, 0.2) is 0 Å². The number of rotatable bonds is 3. The number of nitrogens with two attached hydrogens (primary N) is 1. The maximum atomic E-state index is 5.75. The van der Waals surface area contributed by atoms with Crippen molar-refractivity contribution >= 4 is 0 Å². The Labute approximate surface area is 94.2 Å². The highest BCUT2D eigenvalue weighted by Crippen LogP contribution is 2.33. The molecule has 1 heterocycles. The summed E-state index contributed by atoms with van der Waals surface area (Å²) in [6, 6.07) is 0.863. The first-order valence-electron chi connectivity index (χ1n) is 6.64. The van der Waals surface area contributed by atoms with Crippen molar-refractivity contribution in [2.75, 3.05) is 19.6 Å². The summed E-state index contributed by atoms with van der Waals surface area (Å²) < 4.78 is 0. The third kappa shape index (κ3) is 2.54. The van der Waals surface area contributed by atoms with Crippen LogP contribution >= 0.6 is 0 Å². The minimum atomic E-state index is 0.813. The Hall–Kier alpha value is -0.0800. The molecule has 2 nitrogen and oxygen atoms in total. The van der Waals surface area contributed by atoms with Crippen molar-refractivity contribution < 1.29 is 0 Å². The lowest BCUT2D eigenvalue weighted by molar-refractivity contribution is 0.224. The fourth-order valence-corrected chi connectivity index (χ4v) is 3.29. The average Bonchev–Trinajstić information content (AvgIpc) is 2.86. The molecule has 1 saturated heterocycles. The second-order valence-electron chi connectivity index (χ2n) is 5.86. The molecule has 1 aliphatic heterocycles. The van der Waals surface area contributed by atoms with E-state index >= 15 is 0 Å². The van der Waals surface area contributed by atoms with Gasteiger partial charge in [-0.2, -0.15) is 0 Å². The fraction of sp³-hybridized carbons (Fsp3) is 1.00. The molecule has 0 radical (unpaired) electrons. The van der Waals surface area contributed by atoms with Gasteiger partial charge in [0.25, 0.3) is 0 Å². The summed E-state index contributed by atoms with van der Waals surface area (Å²) in [5.41, 5.74) is 5.75. The first-order valence-corrected chi connectivity index (χ1v) is 6.64. The Bertz CT molecular complexity index is 203. The zero-order valence-electron chi connectivity index (χ0n) is 10.3. The van der Waals surface area contributed by atoms with E-state index in [0.717, 1.165) is 30.3 Å². The first kappa shape index (κ1) is 11.4. The highest BCUT2D eigenvalue weighted by molar-refractivity contribution is 4.88. The molecule has 2 aliphatic rings. The van der Waals surface area contributed by atoms with Crippen molar-refractivity contribution in [2.24, 2.45) is 23.5 Å². The lowest BCUT2D eigenvalue weighted by atomic mass is 9.95. The zero-order chi connectivity index (χ0) is 10.8. The summed E-state index contributed by atoms with van der Waals surface area (Å²) in [7, 11) is 0. The van der Waals surface area contributed by atoms with Crippen LogP contribution in [0.3, 0.4) is 0 Å². The smallest absolute Gasteiger partial charge is 0.00985 e. The Balaban J connectivity index is 1.81. The van der Waals surface area contributed by atoms with Gasteiger partial charge in [-0.25, -0.2) is 0 Å². The van der Waals surface area contributed by atoms with E-state index in [1.165, 1.54) is 38.8 Å². The molecule has 3 atom stereocenters. The van der Waals surface area contributed by atoms with Crippen molar-refractivity contribution in [1.82, 2.24) is 4.90 Å². The van der Waals surface area contributed by atoms with Gasteiger partial charge in [0.1, 0.15) is 0 Å². The average molecular weight is 210 g/mol. The molecule has 2 N–H and O–H groups in total.